The van der Waals surface area contributed by atoms with Crippen molar-refractivity contribution < 1.29 is 80.2 Å². The number of phosphoric acid groups is 2. The van der Waals surface area contributed by atoms with Crippen molar-refractivity contribution in [3.8, 4) is 0 Å². The highest BCUT2D eigenvalue weighted by molar-refractivity contribution is 7.47. The molecule has 100 heavy (non-hydrogen) atoms. The molecule has 17 nitrogen and oxygen atoms in total. The smallest absolute Gasteiger partial charge is 0.462 e. The SMILES string of the molecule is CCCCCCCCCCCCCCC(=O)OC[C@H](COP(=O)(O)OC[C@H](O)COP(=O)(O)OC[C@@H](COC(=O)CCCCCCCCCCCCCCCCC(C)C)OC(=O)CCCCCCCCCCCCCCCCCCC(C)C)OC(=O)CCCCCCCCCCCC(C)C. The third-order valence-electron chi connectivity index (χ3n) is 18.9. The average molecular weight is 1470 g/mol. The van der Waals surface area contributed by atoms with Crippen LogP contribution in [0.2, 0.25) is 0 Å². The predicted octanol–water partition coefficient (Wildman–Crippen LogP) is 24.1. The quantitative estimate of drug-likeness (QED) is 0.0222. The summed E-state index contributed by atoms with van der Waals surface area (Å²) in [6, 6.07) is 0. The molecule has 3 N–H and O–H groups in total. The molecule has 0 bridgehead atoms. The lowest BCUT2D eigenvalue weighted by Gasteiger charge is -2.21. The fourth-order valence-electron chi connectivity index (χ4n) is 12.5. The van der Waals surface area contributed by atoms with Crippen molar-refractivity contribution in [2.45, 2.75) is 439 Å². The summed E-state index contributed by atoms with van der Waals surface area (Å²) in [5.74, 6) is 0.235. The number of aliphatic hydroxyl groups excluding tert-OH is 1. The van der Waals surface area contributed by atoms with Gasteiger partial charge >= 0.3 is 39.5 Å². The minimum atomic E-state index is -4.96. The summed E-state index contributed by atoms with van der Waals surface area (Å²) >= 11 is 0. The van der Waals surface area contributed by atoms with Crippen molar-refractivity contribution in [2.75, 3.05) is 39.6 Å². The van der Waals surface area contributed by atoms with Crippen LogP contribution >= 0.6 is 15.6 Å². The van der Waals surface area contributed by atoms with E-state index >= 15 is 0 Å². The number of carbonyl (C=O) groups excluding carboxylic acids is 4. The molecule has 19 heteroatoms. The first kappa shape index (κ1) is 98.1. The first-order chi connectivity index (χ1) is 48.2. The lowest BCUT2D eigenvalue weighted by molar-refractivity contribution is -0.161. The van der Waals surface area contributed by atoms with Gasteiger partial charge in [-0.2, -0.15) is 0 Å². The Morgan fingerprint density at radius 2 is 0.460 bits per heavy atom. The molecule has 0 spiro atoms. The van der Waals surface area contributed by atoms with Crippen LogP contribution in [0.3, 0.4) is 0 Å². The Balaban J connectivity index is 5.25. The van der Waals surface area contributed by atoms with Crippen LogP contribution in [0.5, 0.6) is 0 Å². The van der Waals surface area contributed by atoms with Crippen LogP contribution in [0, 0.1) is 17.8 Å². The molecule has 594 valence electrons. The van der Waals surface area contributed by atoms with E-state index in [2.05, 4.69) is 48.5 Å². The van der Waals surface area contributed by atoms with E-state index < -0.39 is 97.5 Å². The number of hydrogen-bond donors (Lipinski definition) is 3. The Bertz CT molecular complexity index is 1940. The summed E-state index contributed by atoms with van der Waals surface area (Å²) in [5.41, 5.74) is 0. The monoisotopic (exact) mass is 1470 g/mol. The summed E-state index contributed by atoms with van der Waals surface area (Å²) < 4.78 is 68.7. The predicted molar refractivity (Wildman–Crippen MR) is 409 cm³/mol. The summed E-state index contributed by atoms with van der Waals surface area (Å²) in [4.78, 5) is 73.0. The van der Waals surface area contributed by atoms with Crippen LogP contribution in [0.25, 0.3) is 0 Å². The largest absolute Gasteiger partial charge is 0.472 e. The van der Waals surface area contributed by atoms with Crippen molar-refractivity contribution in [3.63, 3.8) is 0 Å². The van der Waals surface area contributed by atoms with E-state index in [1.54, 1.807) is 0 Å². The van der Waals surface area contributed by atoms with E-state index in [9.17, 15) is 43.2 Å². The zero-order chi connectivity index (χ0) is 73.7. The molecule has 0 aliphatic heterocycles. The first-order valence-corrected chi connectivity index (χ1v) is 44.8. The summed E-state index contributed by atoms with van der Waals surface area (Å²) in [5, 5.41) is 10.6. The maximum absolute atomic E-state index is 13.1. The van der Waals surface area contributed by atoms with Crippen LogP contribution in [0.1, 0.15) is 421 Å². The number of rotatable bonds is 79. The molecule has 5 atom stereocenters. The minimum absolute atomic E-state index is 0.106. The lowest BCUT2D eigenvalue weighted by atomic mass is 10.0. The third-order valence-corrected chi connectivity index (χ3v) is 20.8. The standard InChI is InChI=1S/C81H158O17P2/c1-8-9-10-11-12-13-14-27-34-41-48-55-62-78(83)91-69-77(98-81(86)65-58-51-44-37-30-33-40-47-54-61-74(6)7)71-96-100(89,90)94-67-75(82)66-93-99(87,88)95-70-76(68-92-79(84)63-56-49-42-35-28-23-20-19-22-26-32-39-46-53-60-73(4)5)97-80(85)64-57-50-43-36-29-24-18-16-15-17-21-25-31-38-45-52-59-72(2)3/h72-77,82H,8-71H2,1-7H3,(H,87,88)(H,89,90)/t75-,76-,77-/m1/s1. The van der Waals surface area contributed by atoms with Gasteiger partial charge in [-0.25, -0.2) is 9.13 Å². The zero-order valence-corrected chi connectivity index (χ0v) is 67.5. The van der Waals surface area contributed by atoms with Crippen LogP contribution in [-0.4, -0.2) is 96.7 Å². The van der Waals surface area contributed by atoms with Gasteiger partial charge in [-0.1, -0.05) is 370 Å². The summed E-state index contributed by atoms with van der Waals surface area (Å²) in [6.45, 7) is 12.0. The van der Waals surface area contributed by atoms with E-state index in [0.717, 1.165) is 108 Å². The number of ether oxygens (including phenoxy) is 4. The van der Waals surface area contributed by atoms with Crippen molar-refractivity contribution in [1.82, 2.24) is 0 Å². The van der Waals surface area contributed by atoms with Crippen molar-refractivity contribution >= 4 is 39.5 Å². The molecule has 2 unspecified atom stereocenters. The van der Waals surface area contributed by atoms with E-state index in [-0.39, 0.29) is 25.7 Å². The van der Waals surface area contributed by atoms with Gasteiger partial charge in [-0.15, -0.1) is 0 Å². The number of esters is 4. The molecule has 0 amide bonds. The second-order valence-electron chi connectivity index (χ2n) is 30.6. The van der Waals surface area contributed by atoms with Gasteiger partial charge in [0.2, 0.25) is 0 Å². The van der Waals surface area contributed by atoms with Gasteiger partial charge in [-0.05, 0) is 43.4 Å². The highest BCUT2D eigenvalue weighted by Crippen LogP contribution is 2.45. The Hall–Kier alpha value is -1.94. The normalized spacial score (nSPS) is 14.0. The molecule has 0 aromatic heterocycles. The number of unbranched alkanes of at least 4 members (excludes halogenated alkanes) is 47. The molecule has 0 aromatic rings. The van der Waals surface area contributed by atoms with E-state index in [0.29, 0.717) is 25.7 Å². The molecular weight excluding hydrogens is 1310 g/mol. The molecular formula is C81H158O17P2. The minimum Gasteiger partial charge on any atom is -0.462 e. The number of phosphoric ester groups is 2. The molecule has 0 rings (SSSR count). The molecule has 0 radical (unpaired) electrons. The molecule has 0 fully saturated rings. The summed E-state index contributed by atoms with van der Waals surface area (Å²) in [6.07, 6.45) is 59.6. The van der Waals surface area contributed by atoms with Gasteiger partial charge in [0, 0.05) is 25.7 Å². The summed E-state index contributed by atoms with van der Waals surface area (Å²) in [7, 11) is -9.92. The lowest BCUT2D eigenvalue weighted by Crippen LogP contribution is -2.30. The Labute approximate surface area is 613 Å². The van der Waals surface area contributed by atoms with Crippen LogP contribution in [0.15, 0.2) is 0 Å². The van der Waals surface area contributed by atoms with Crippen molar-refractivity contribution in [3.05, 3.63) is 0 Å². The zero-order valence-electron chi connectivity index (χ0n) is 65.7. The topological polar surface area (TPSA) is 237 Å². The number of hydrogen-bond acceptors (Lipinski definition) is 15. The van der Waals surface area contributed by atoms with Gasteiger partial charge < -0.3 is 33.8 Å². The second-order valence-corrected chi connectivity index (χ2v) is 33.5. The molecule has 0 heterocycles. The number of carbonyl (C=O) groups is 4. The third kappa shape index (κ3) is 74.3. The van der Waals surface area contributed by atoms with Gasteiger partial charge in [0.15, 0.2) is 12.2 Å². The Morgan fingerprint density at radius 3 is 0.680 bits per heavy atom. The molecule has 0 aliphatic rings. The number of aliphatic hydroxyl groups is 1. The van der Waals surface area contributed by atoms with Crippen LogP contribution in [-0.2, 0) is 65.4 Å². The molecule has 0 saturated heterocycles. The Kier molecular flexibility index (Phi) is 69.9. The van der Waals surface area contributed by atoms with E-state index in [4.69, 9.17) is 37.0 Å². The van der Waals surface area contributed by atoms with Crippen LogP contribution < -0.4 is 0 Å². The van der Waals surface area contributed by atoms with Gasteiger partial charge in [-0.3, -0.25) is 37.3 Å². The van der Waals surface area contributed by atoms with Gasteiger partial charge in [0.05, 0.1) is 26.4 Å². The first-order valence-electron chi connectivity index (χ1n) is 41.8. The molecule has 0 aromatic carbocycles. The Morgan fingerprint density at radius 1 is 0.270 bits per heavy atom. The fourth-order valence-corrected chi connectivity index (χ4v) is 14.1. The second kappa shape index (κ2) is 71.3. The average Bonchev–Trinajstić information content (AvgIpc) is 1.16. The van der Waals surface area contributed by atoms with E-state index in [1.807, 2.05) is 0 Å². The fraction of sp³-hybridized carbons (Fsp3) is 0.951. The van der Waals surface area contributed by atoms with Crippen LogP contribution in [0.4, 0.5) is 0 Å². The van der Waals surface area contributed by atoms with Gasteiger partial charge in [0.1, 0.15) is 19.3 Å². The van der Waals surface area contributed by atoms with Crippen molar-refractivity contribution in [2.24, 2.45) is 17.8 Å². The molecule has 0 aliphatic carbocycles. The maximum atomic E-state index is 13.1. The maximum Gasteiger partial charge on any atom is 0.472 e. The highest BCUT2D eigenvalue weighted by Gasteiger charge is 2.30. The molecule has 0 saturated carbocycles. The van der Waals surface area contributed by atoms with E-state index in [1.165, 1.54) is 231 Å². The highest BCUT2D eigenvalue weighted by atomic mass is 31.2. The van der Waals surface area contributed by atoms with Gasteiger partial charge in [0.25, 0.3) is 0 Å². The van der Waals surface area contributed by atoms with Crippen molar-refractivity contribution in [1.29, 1.82) is 0 Å².